The van der Waals surface area contributed by atoms with Gasteiger partial charge in [-0.05, 0) is 42.7 Å². The molecular weight excluding hydrogens is 440 g/mol. The molecule has 0 unspecified atom stereocenters. The first-order chi connectivity index (χ1) is 16.2. The molecule has 0 fully saturated rings. The van der Waals surface area contributed by atoms with Gasteiger partial charge in [0.1, 0.15) is 5.75 Å². The number of urea groups is 1. The van der Waals surface area contributed by atoms with E-state index in [4.69, 9.17) is 21.1 Å². The quantitative estimate of drug-likeness (QED) is 0.366. The molecule has 2 aromatic carbocycles. The van der Waals surface area contributed by atoms with Crippen LogP contribution >= 0.6 is 11.6 Å². The average Bonchev–Trinajstić information content (AvgIpc) is 3.34. The summed E-state index contributed by atoms with van der Waals surface area (Å²) in [5, 5.41) is 3.65. The summed E-state index contributed by atoms with van der Waals surface area (Å²) < 4.78 is 13.2. The maximum absolute atomic E-state index is 12.9. The summed E-state index contributed by atoms with van der Waals surface area (Å²) in [6.07, 6.45) is 6.29. The van der Waals surface area contributed by atoms with Gasteiger partial charge in [0.05, 0.1) is 26.1 Å². The predicted molar refractivity (Wildman–Crippen MR) is 129 cm³/mol. The van der Waals surface area contributed by atoms with Crippen LogP contribution in [-0.2, 0) is 24.4 Å². The summed E-state index contributed by atoms with van der Waals surface area (Å²) in [6.45, 7) is 5.76. The van der Waals surface area contributed by atoms with Crippen molar-refractivity contribution in [3.63, 3.8) is 0 Å². The number of ether oxygens (including phenoxy) is 2. The Kier molecular flexibility index (Phi) is 10.1. The fraction of sp³-hybridized carbons (Fsp3) is 0.360. The number of carbonyl (C=O) groups excluding carboxylic acids is 1. The van der Waals surface area contributed by atoms with E-state index in [-0.39, 0.29) is 6.03 Å². The van der Waals surface area contributed by atoms with E-state index < -0.39 is 0 Å². The van der Waals surface area contributed by atoms with Gasteiger partial charge in [-0.15, -0.1) is 0 Å². The van der Waals surface area contributed by atoms with Crippen LogP contribution in [0, 0.1) is 0 Å². The van der Waals surface area contributed by atoms with Crippen molar-refractivity contribution in [3.8, 4) is 5.75 Å². The van der Waals surface area contributed by atoms with E-state index in [1.807, 2.05) is 71.1 Å². The van der Waals surface area contributed by atoms with E-state index in [0.717, 1.165) is 29.8 Å². The van der Waals surface area contributed by atoms with Crippen molar-refractivity contribution >= 4 is 17.6 Å². The minimum Gasteiger partial charge on any atom is -0.494 e. The molecule has 0 saturated heterocycles. The van der Waals surface area contributed by atoms with Gasteiger partial charge in [-0.2, -0.15) is 0 Å². The van der Waals surface area contributed by atoms with Crippen LogP contribution in [-0.4, -0.2) is 46.8 Å². The van der Waals surface area contributed by atoms with Gasteiger partial charge in [0.15, 0.2) is 0 Å². The summed E-state index contributed by atoms with van der Waals surface area (Å²) in [7, 11) is 0. The predicted octanol–water partition coefficient (Wildman–Crippen LogP) is 4.75. The van der Waals surface area contributed by atoms with Gasteiger partial charge >= 0.3 is 6.03 Å². The van der Waals surface area contributed by atoms with Gasteiger partial charge in [0, 0.05) is 43.6 Å². The maximum atomic E-state index is 12.9. The van der Waals surface area contributed by atoms with Gasteiger partial charge in [-0.1, -0.05) is 41.9 Å². The zero-order chi connectivity index (χ0) is 23.3. The first-order valence-electron chi connectivity index (χ1n) is 11.2. The summed E-state index contributed by atoms with van der Waals surface area (Å²) in [6, 6.07) is 15.3. The number of halogens is 1. The highest BCUT2D eigenvalue weighted by Gasteiger charge is 2.14. The molecule has 8 heteroatoms. The first kappa shape index (κ1) is 24.6. The molecule has 3 aromatic rings. The van der Waals surface area contributed by atoms with Gasteiger partial charge in [-0.25, -0.2) is 9.78 Å². The zero-order valence-corrected chi connectivity index (χ0v) is 19.7. The van der Waals surface area contributed by atoms with Crippen molar-refractivity contribution in [2.45, 2.75) is 33.0 Å². The van der Waals surface area contributed by atoms with Gasteiger partial charge < -0.3 is 24.3 Å². The number of nitrogens with zero attached hydrogens (tertiary/aromatic N) is 3. The summed E-state index contributed by atoms with van der Waals surface area (Å²) >= 11 is 6.15. The molecule has 0 atom stereocenters. The number of aromatic nitrogens is 2. The Morgan fingerprint density at radius 3 is 2.73 bits per heavy atom. The monoisotopic (exact) mass is 470 g/mol. The molecule has 1 N–H and O–H groups in total. The minimum absolute atomic E-state index is 0.115. The van der Waals surface area contributed by atoms with Crippen LogP contribution in [0.15, 0.2) is 67.3 Å². The number of amides is 2. The minimum atomic E-state index is -0.115. The fourth-order valence-corrected chi connectivity index (χ4v) is 3.52. The molecule has 0 bridgehead atoms. The van der Waals surface area contributed by atoms with E-state index in [1.54, 1.807) is 12.5 Å². The lowest BCUT2D eigenvalue weighted by atomic mass is 10.2. The van der Waals surface area contributed by atoms with Crippen LogP contribution < -0.4 is 10.1 Å². The zero-order valence-electron chi connectivity index (χ0n) is 19.0. The number of hydrogen-bond acceptors (Lipinski definition) is 4. The number of imidazole rings is 1. The molecule has 33 heavy (non-hydrogen) atoms. The highest BCUT2D eigenvalue weighted by atomic mass is 35.5. The Bertz CT molecular complexity index is 964. The van der Waals surface area contributed by atoms with Gasteiger partial charge in [-0.3, -0.25) is 0 Å². The number of benzene rings is 2. The third-order valence-electron chi connectivity index (χ3n) is 5.04. The Hall–Kier alpha value is -3.03. The number of aryl methyl sites for hydroxylation is 1. The molecule has 7 nitrogen and oxygen atoms in total. The molecule has 0 aliphatic rings. The Morgan fingerprint density at radius 1 is 1.18 bits per heavy atom. The van der Waals surface area contributed by atoms with Crippen LogP contribution in [0.25, 0.3) is 0 Å². The molecule has 176 valence electrons. The number of carbonyl (C=O) groups is 1. The smallest absolute Gasteiger partial charge is 0.317 e. The number of nitrogens with one attached hydrogen (secondary N) is 1. The lowest BCUT2D eigenvalue weighted by Gasteiger charge is -2.23. The number of rotatable bonds is 13. The fourth-order valence-electron chi connectivity index (χ4n) is 3.33. The topological polar surface area (TPSA) is 68.6 Å². The summed E-state index contributed by atoms with van der Waals surface area (Å²) in [5.74, 6) is 0.827. The van der Waals surface area contributed by atoms with E-state index in [2.05, 4.69) is 10.3 Å². The van der Waals surface area contributed by atoms with E-state index in [0.29, 0.717) is 44.5 Å². The molecule has 1 aromatic heterocycles. The Labute approximate surface area is 200 Å². The van der Waals surface area contributed by atoms with Gasteiger partial charge in [0.2, 0.25) is 0 Å². The highest BCUT2D eigenvalue weighted by Crippen LogP contribution is 2.16. The molecule has 0 saturated carbocycles. The van der Waals surface area contributed by atoms with Crippen LogP contribution in [0.2, 0.25) is 5.02 Å². The van der Waals surface area contributed by atoms with E-state index in [1.165, 1.54) is 0 Å². The van der Waals surface area contributed by atoms with Crippen molar-refractivity contribution in [3.05, 3.63) is 83.4 Å². The molecule has 2 amide bonds. The normalized spacial score (nSPS) is 10.7. The molecule has 0 radical (unpaired) electrons. The van der Waals surface area contributed by atoms with Crippen molar-refractivity contribution in [2.75, 3.05) is 26.3 Å². The van der Waals surface area contributed by atoms with E-state index >= 15 is 0 Å². The van der Waals surface area contributed by atoms with Crippen molar-refractivity contribution in [1.29, 1.82) is 0 Å². The maximum Gasteiger partial charge on any atom is 0.317 e. The molecule has 3 rings (SSSR count). The third-order valence-corrected chi connectivity index (χ3v) is 5.41. The van der Waals surface area contributed by atoms with Gasteiger partial charge in [0.25, 0.3) is 0 Å². The molecule has 1 heterocycles. The number of hydrogen-bond donors (Lipinski definition) is 1. The second-order valence-corrected chi connectivity index (χ2v) is 7.94. The van der Waals surface area contributed by atoms with Crippen LogP contribution in [0.3, 0.4) is 0 Å². The lowest BCUT2D eigenvalue weighted by molar-refractivity contribution is 0.121. The largest absolute Gasteiger partial charge is 0.494 e. The van der Waals surface area contributed by atoms with Crippen LogP contribution in [0.5, 0.6) is 5.75 Å². The van der Waals surface area contributed by atoms with Crippen molar-refractivity contribution in [2.24, 2.45) is 0 Å². The molecule has 0 spiro atoms. The first-order valence-corrected chi connectivity index (χ1v) is 11.5. The van der Waals surface area contributed by atoms with Crippen molar-refractivity contribution < 1.29 is 14.3 Å². The van der Waals surface area contributed by atoms with Crippen LogP contribution in [0.1, 0.15) is 24.5 Å². The second-order valence-electron chi connectivity index (χ2n) is 7.53. The Balaban J connectivity index is 1.49. The molecule has 0 aliphatic heterocycles. The SMILES string of the molecule is CCOc1ccc(CN(CCCn2ccnc2)C(=O)NCCOCc2ccccc2Cl)cc1. The average molecular weight is 471 g/mol. The summed E-state index contributed by atoms with van der Waals surface area (Å²) in [4.78, 5) is 18.8. The standard InChI is InChI=1S/C25H31ClN4O3/c1-2-33-23-10-8-21(9-11-23)18-30(15-5-14-29-16-12-27-20-29)25(31)28-13-17-32-19-22-6-3-4-7-24(22)26/h3-4,6-12,16,20H,2,5,13-15,17-19H2,1H3,(H,28,31). The molecule has 0 aliphatic carbocycles. The van der Waals surface area contributed by atoms with Crippen molar-refractivity contribution in [1.82, 2.24) is 19.8 Å². The third kappa shape index (κ3) is 8.44. The second kappa shape index (κ2) is 13.5. The highest BCUT2D eigenvalue weighted by molar-refractivity contribution is 6.31. The van der Waals surface area contributed by atoms with Crippen LogP contribution in [0.4, 0.5) is 4.79 Å². The lowest BCUT2D eigenvalue weighted by Crippen LogP contribution is -2.41. The van der Waals surface area contributed by atoms with E-state index in [9.17, 15) is 4.79 Å². The molecular formula is C25H31ClN4O3. The Morgan fingerprint density at radius 2 is 2.00 bits per heavy atom. The summed E-state index contributed by atoms with van der Waals surface area (Å²) in [5.41, 5.74) is 1.98.